The van der Waals surface area contributed by atoms with E-state index < -0.39 is 0 Å². The van der Waals surface area contributed by atoms with E-state index in [1.165, 1.54) is 0 Å². The Kier molecular flexibility index (Phi) is 4.75. The third-order valence-corrected chi connectivity index (χ3v) is 3.72. The Hall–Kier alpha value is -2.48. The minimum Gasteiger partial charge on any atom is -0.367 e. The van der Waals surface area contributed by atoms with Gasteiger partial charge in [0.2, 0.25) is 0 Å². The van der Waals surface area contributed by atoms with Crippen LogP contribution in [0.5, 0.6) is 0 Å². The molecule has 1 aliphatic heterocycles. The molecular weight excluding hydrogens is 308 g/mol. The van der Waals surface area contributed by atoms with E-state index in [1.807, 2.05) is 20.8 Å². The average Bonchev–Trinajstić information content (AvgIpc) is 3.01. The average molecular weight is 330 g/mol. The number of aromatic nitrogens is 4. The van der Waals surface area contributed by atoms with Gasteiger partial charge in [-0.25, -0.2) is 9.97 Å². The number of anilines is 1. The molecule has 3 heterocycles. The van der Waals surface area contributed by atoms with Gasteiger partial charge in [0.15, 0.2) is 5.82 Å². The van der Waals surface area contributed by atoms with Gasteiger partial charge in [-0.1, -0.05) is 0 Å². The summed E-state index contributed by atoms with van der Waals surface area (Å²) < 4.78 is 5.72. The zero-order valence-electron chi connectivity index (χ0n) is 14.1. The van der Waals surface area contributed by atoms with Crippen LogP contribution in [-0.4, -0.2) is 56.7 Å². The fraction of sp³-hybridized carbons (Fsp3) is 0.500. The molecule has 0 unspecified atom stereocenters. The Morgan fingerprint density at radius 1 is 1.50 bits per heavy atom. The molecule has 24 heavy (non-hydrogen) atoms. The smallest absolute Gasteiger partial charge is 0.257 e. The highest BCUT2D eigenvalue weighted by Crippen LogP contribution is 2.22. The number of ether oxygens (including phenoxy) is 1. The van der Waals surface area contributed by atoms with Crippen LogP contribution in [0.4, 0.5) is 5.82 Å². The van der Waals surface area contributed by atoms with Crippen molar-refractivity contribution in [2.75, 3.05) is 25.0 Å². The van der Waals surface area contributed by atoms with Crippen molar-refractivity contribution in [3.8, 4) is 0 Å². The fourth-order valence-corrected chi connectivity index (χ4v) is 2.63. The monoisotopic (exact) mass is 330 g/mol. The first-order chi connectivity index (χ1) is 11.5. The van der Waals surface area contributed by atoms with Crippen molar-refractivity contribution in [3.63, 3.8) is 0 Å². The van der Waals surface area contributed by atoms with Gasteiger partial charge in [-0.15, -0.1) is 0 Å². The lowest BCUT2D eigenvalue weighted by molar-refractivity contribution is -0.0266. The molecule has 8 heteroatoms. The number of nitrogens with zero attached hydrogens (tertiary/aromatic N) is 4. The van der Waals surface area contributed by atoms with Gasteiger partial charge < -0.3 is 15.0 Å². The van der Waals surface area contributed by atoms with E-state index in [4.69, 9.17) is 4.74 Å². The summed E-state index contributed by atoms with van der Waals surface area (Å²) in [6.07, 6.45) is 1.37. The van der Waals surface area contributed by atoms with E-state index in [0.29, 0.717) is 36.9 Å². The minimum atomic E-state index is -0.314. The van der Waals surface area contributed by atoms with Crippen molar-refractivity contribution < 1.29 is 9.53 Å². The molecule has 0 spiro atoms. The molecule has 0 bridgehead atoms. The van der Waals surface area contributed by atoms with Crippen molar-refractivity contribution in [3.05, 3.63) is 35.5 Å². The summed E-state index contributed by atoms with van der Waals surface area (Å²) in [5.41, 5.74) is 0.568. The number of pyridine rings is 1. The molecule has 0 aliphatic carbocycles. The summed E-state index contributed by atoms with van der Waals surface area (Å²) in [6.45, 7) is 7.28. The normalized spacial score (nSPS) is 18.0. The second-order valence-corrected chi connectivity index (χ2v) is 6.09. The van der Waals surface area contributed by atoms with E-state index >= 15 is 0 Å². The fourth-order valence-electron chi connectivity index (χ4n) is 2.63. The molecule has 1 fully saturated rings. The minimum absolute atomic E-state index is 0.0631. The number of hydrogen-bond donors (Lipinski definition) is 2. The van der Waals surface area contributed by atoms with Crippen LogP contribution in [0.3, 0.4) is 0 Å². The van der Waals surface area contributed by atoms with E-state index in [9.17, 15) is 4.79 Å². The lowest BCUT2D eigenvalue weighted by Gasteiger charge is -2.32. The zero-order chi connectivity index (χ0) is 17.1. The highest BCUT2D eigenvalue weighted by molar-refractivity contribution is 5.98. The van der Waals surface area contributed by atoms with Crippen molar-refractivity contribution in [1.82, 2.24) is 25.1 Å². The molecule has 2 aromatic rings. The first kappa shape index (κ1) is 16.4. The molecule has 0 saturated carbocycles. The second-order valence-electron chi connectivity index (χ2n) is 6.09. The largest absolute Gasteiger partial charge is 0.367 e. The number of aromatic amines is 1. The van der Waals surface area contributed by atoms with E-state index in [2.05, 4.69) is 25.5 Å². The van der Waals surface area contributed by atoms with Gasteiger partial charge >= 0.3 is 0 Å². The lowest BCUT2D eigenvalue weighted by atomic mass is 10.1. The van der Waals surface area contributed by atoms with Gasteiger partial charge in [0, 0.05) is 18.8 Å². The summed E-state index contributed by atoms with van der Waals surface area (Å²) in [4.78, 5) is 23.3. The van der Waals surface area contributed by atoms with Crippen LogP contribution in [-0.2, 0) is 4.74 Å². The van der Waals surface area contributed by atoms with Crippen LogP contribution < -0.4 is 5.32 Å². The maximum atomic E-state index is 12.9. The van der Waals surface area contributed by atoms with Crippen molar-refractivity contribution in [2.24, 2.45) is 0 Å². The van der Waals surface area contributed by atoms with E-state index in [1.54, 1.807) is 23.2 Å². The Balaban J connectivity index is 1.77. The van der Waals surface area contributed by atoms with Crippen LogP contribution in [0, 0.1) is 6.92 Å². The third kappa shape index (κ3) is 3.53. The Morgan fingerprint density at radius 3 is 3.04 bits per heavy atom. The predicted octanol–water partition coefficient (Wildman–Crippen LogP) is 1.54. The predicted molar refractivity (Wildman–Crippen MR) is 88.7 cm³/mol. The first-order valence-electron chi connectivity index (χ1n) is 8.06. The van der Waals surface area contributed by atoms with Gasteiger partial charge in [0.1, 0.15) is 17.7 Å². The van der Waals surface area contributed by atoms with Crippen molar-refractivity contribution in [1.29, 1.82) is 0 Å². The van der Waals surface area contributed by atoms with Gasteiger partial charge in [-0.3, -0.25) is 9.89 Å². The number of morpholine rings is 1. The number of hydrogen-bond acceptors (Lipinski definition) is 6. The number of rotatable bonds is 4. The molecule has 8 nitrogen and oxygen atoms in total. The maximum absolute atomic E-state index is 12.9. The Labute approximate surface area is 140 Å². The van der Waals surface area contributed by atoms with E-state index in [-0.39, 0.29) is 18.1 Å². The van der Waals surface area contributed by atoms with E-state index in [0.717, 1.165) is 5.82 Å². The van der Waals surface area contributed by atoms with Crippen molar-refractivity contribution in [2.45, 2.75) is 32.9 Å². The number of carbonyl (C=O) groups is 1. The molecule has 3 rings (SSSR count). The molecule has 0 aromatic carbocycles. The summed E-state index contributed by atoms with van der Waals surface area (Å²) in [7, 11) is 0. The lowest BCUT2D eigenvalue weighted by Crippen LogP contribution is -2.42. The molecule has 128 valence electrons. The maximum Gasteiger partial charge on any atom is 0.257 e. The van der Waals surface area contributed by atoms with Gasteiger partial charge in [0.05, 0.1) is 18.7 Å². The third-order valence-electron chi connectivity index (χ3n) is 3.72. The van der Waals surface area contributed by atoms with Crippen LogP contribution in [0.1, 0.15) is 42.0 Å². The molecule has 1 saturated heterocycles. The molecule has 1 amide bonds. The highest BCUT2D eigenvalue weighted by atomic mass is 16.5. The molecule has 0 radical (unpaired) electrons. The number of aryl methyl sites for hydroxylation is 1. The second kappa shape index (κ2) is 6.96. The molecule has 2 N–H and O–H groups in total. The number of nitrogens with one attached hydrogen (secondary N) is 2. The summed E-state index contributed by atoms with van der Waals surface area (Å²) in [6, 6.07) is 3.76. The van der Waals surface area contributed by atoms with Gasteiger partial charge in [0.25, 0.3) is 5.91 Å². The molecular formula is C16H22N6O2. The van der Waals surface area contributed by atoms with Gasteiger partial charge in [-0.2, -0.15) is 5.10 Å². The highest BCUT2D eigenvalue weighted by Gasteiger charge is 2.29. The zero-order valence-corrected chi connectivity index (χ0v) is 14.1. The standard InChI is InChI=1S/C16H22N6O2/c1-10(2)18-14-12(5-4-6-17-14)16(23)22-7-8-24-13(9-22)15-19-11(3)20-21-15/h4-6,10,13H,7-9H2,1-3H3,(H,17,18)(H,19,20,21)/t13-/m0/s1. The summed E-state index contributed by atoms with van der Waals surface area (Å²) >= 11 is 0. The van der Waals surface area contributed by atoms with Crippen LogP contribution >= 0.6 is 0 Å². The quantitative estimate of drug-likeness (QED) is 0.883. The number of carbonyl (C=O) groups excluding carboxylic acids is 1. The number of amides is 1. The number of H-pyrrole nitrogens is 1. The van der Waals surface area contributed by atoms with Crippen LogP contribution in [0.15, 0.2) is 18.3 Å². The topological polar surface area (TPSA) is 96.0 Å². The van der Waals surface area contributed by atoms with Gasteiger partial charge in [-0.05, 0) is 32.9 Å². The van der Waals surface area contributed by atoms with Crippen LogP contribution in [0.2, 0.25) is 0 Å². The Morgan fingerprint density at radius 2 is 2.33 bits per heavy atom. The summed E-state index contributed by atoms with van der Waals surface area (Å²) in [5.74, 6) is 1.85. The molecule has 2 aromatic heterocycles. The summed E-state index contributed by atoms with van der Waals surface area (Å²) in [5, 5.41) is 10.2. The van der Waals surface area contributed by atoms with Crippen LogP contribution in [0.25, 0.3) is 0 Å². The first-order valence-corrected chi connectivity index (χ1v) is 8.06. The van der Waals surface area contributed by atoms with Crippen molar-refractivity contribution >= 4 is 11.7 Å². The molecule has 1 atom stereocenters. The molecule has 1 aliphatic rings. The SMILES string of the molecule is Cc1nc([C@@H]2CN(C(=O)c3cccnc3NC(C)C)CCO2)n[nH]1. The Bertz CT molecular complexity index is 714.